The molecule has 2 aromatic carbocycles. The second-order valence-corrected chi connectivity index (χ2v) is 6.90. The van der Waals surface area contributed by atoms with E-state index in [1.807, 2.05) is 0 Å². The lowest BCUT2D eigenvalue weighted by atomic mass is 10.2. The molecular formula is C17H11BrCl2N2O2. The minimum atomic E-state index is -0.260. The molecule has 0 fully saturated rings. The molecule has 3 rings (SSSR count). The van der Waals surface area contributed by atoms with E-state index in [0.717, 1.165) is 4.47 Å². The Bertz CT molecular complexity index is 1000. The molecular weight excluding hydrogens is 415 g/mol. The molecule has 1 amide bonds. The predicted octanol–water partition coefficient (Wildman–Crippen LogP) is 4.71. The van der Waals surface area contributed by atoms with E-state index in [4.69, 9.17) is 23.2 Å². The van der Waals surface area contributed by atoms with Gasteiger partial charge in [0, 0.05) is 27.1 Å². The summed E-state index contributed by atoms with van der Waals surface area (Å²) in [6.45, 7) is 0.0478. The van der Waals surface area contributed by atoms with Gasteiger partial charge in [-0.15, -0.1) is 0 Å². The normalized spacial score (nSPS) is 10.8. The van der Waals surface area contributed by atoms with Gasteiger partial charge in [0.05, 0.1) is 16.2 Å². The Labute approximate surface area is 156 Å². The van der Waals surface area contributed by atoms with Crippen LogP contribution < -0.4 is 10.7 Å². The number of fused-ring (bicyclic) bond motifs is 1. The number of hydrogen-bond acceptors (Lipinski definition) is 2. The molecule has 1 N–H and O–H groups in total. The van der Waals surface area contributed by atoms with E-state index in [1.54, 1.807) is 47.2 Å². The van der Waals surface area contributed by atoms with Crippen LogP contribution in [0.1, 0.15) is 0 Å². The quantitative estimate of drug-likeness (QED) is 0.660. The number of rotatable bonds is 3. The smallest absolute Gasteiger partial charge is 0.244 e. The highest BCUT2D eigenvalue weighted by Crippen LogP contribution is 2.25. The zero-order chi connectivity index (χ0) is 17.3. The molecule has 0 aliphatic carbocycles. The molecule has 0 radical (unpaired) electrons. The lowest BCUT2D eigenvalue weighted by Crippen LogP contribution is -2.20. The molecule has 0 aliphatic rings. The summed E-state index contributed by atoms with van der Waals surface area (Å²) in [5, 5.41) is 4.15. The van der Waals surface area contributed by atoms with Crippen molar-refractivity contribution in [1.82, 2.24) is 4.57 Å². The highest BCUT2D eigenvalue weighted by atomic mass is 79.9. The highest BCUT2D eigenvalue weighted by Gasteiger charge is 2.10. The monoisotopic (exact) mass is 424 g/mol. The van der Waals surface area contributed by atoms with Crippen molar-refractivity contribution < 1.29 is 4.79 Å². The number of carbonyl (C=O) groups is 1. The number of benzene rings is 2. The first-order valence-electron chi connectivity index (χ1n) is 6.97. The SMILES string of the molecule is O=C(Cn1ccc(=O)c2ccc(Br)cc21)Nc1ccc(Cl)cc1Cl. The molecule has 0 bridgehead atoms. The molecule has 24 heavy (non-hydrogen) atoms. The molecule has 1 aromatic heterocycles. The summed E-state index contributed by atoms with van der Waals surface area (Å²) in [4.78, 5) is 24.3. The van der Waals surface area contributed by atoms with Crippen molar-refractivity contribution in [2.45, 2.75) is 6.54 Å². The van der Waals surface area contributed by atoms with Gasteiger partial charge in [0.15, 0.2) is 5.43 Å². The first-order chi connectivity index (χ1) is 11.4. The Balaban J connectivity index is 1.89. The van der Waals surface area contributed by atoms with Crippen molar-refractivity contribution in [1.29, 1.82) is 0 Å². The summed E-state index contributed by atoms with van der Waals surface area (Å²) in [6.07, 6.45) is 1.60. The fraction of sp³-hybridized carbons (Fsp3) is 0.0588. The standard InChI is InChI=1S/C17H11BrCl2N2O2/c18-10-1-3-12-15(7-10)22(6-5-16(12)23)9-17(24)21-14-4-2-11(19)8-13(14)20/h1-8H,9H2,(H,21,24). The maximum absolute atomic E-state index is 12.3. The van der Waals surface area contributed by atoms with Gasteiger partial charge < -0.3 is 9.88 Å². The van der Waals surface area contributed by atoms with Crippen molar-refractivity contribution in [2.75, 3.05) is 5.32 Å². The van der Waals surface area contributed by atoms with Crippen LogP contribution in [0.5, 0.6) is 0 Å². The van der Waals surface area contributed by atoms with Crippen molar-refractivity contribution in [2.24, 2.45) is 0 Å². The fourth-order valence-electron chi connectivity index (χ4n) is 2.35. The summed E-state index contributed by atoms with van der Waals surface area (Å²) in [7, 11) is 0. The Morgan fingerprint density at radius 2 is 1.92 bits per heavy atom. The third kappa shape index (κ3) is 3.64. The zero-order valence-electron chi connectivity index (χ0n) is 12.2. The molecule has 122 valence electrons. The Kier molecular flexibility index (Phi) is 4.94. The van der Waals surface area contributed by atoms with Gasteiger partial charge in [0.1, 0.15) is 6.54 Å². The number of hydrogen-bond donors (Lipinski definition) is 1. The van der Waals surface area contributed by atoms with Crippen LogP contribution in [0.4, 0.5) is 5.69 Å². The summed E-state index contributed by atoms with van der Waals surface area (Å²) in [5.74, 6) is -0.260. The highest BCUT2D eigenvalue weighted by molar-refractivity contribution is 9.10. The van der Waals surface area contributed by atoms with Crippen molar-refractivity contribution in [3.05, 3.63) is 73.4 Å². The lowest BCUT2D eigenvalue weighted by Gasteiger charge is -2.12. The summed E-state index contributed by atoms with van der Waals surface area (Å²) < 4.78 is 2.54. The van der Waals surface area contributed by atoms with Crippen molar-refractivity contribution >= 4 is 61.6 Å². The molecule has 0 unspecified atom stereocenters. The number of nitrogens with zero attached hydrogens (tertiary/aromatic N) is 1. The Hall–Kier alpha value is -1.82. The summed E-state index contributed by atoms with van der Waals surface area (Å²) >= 11 is 15.3. The maximum Gasteiger partial charge on any atom is 0.244 e. The predicted molar refractivity (Wildman–Crippen MR) is 101 cm³/mol. The van der Waals surface area contributed by atoms with E-state index < -0.39 is 0 Å². The number of aromatic nitrogens is 1. The molecule has 0 saturated heterocycles. The van der Waals surface area contributed by atoms with Crippen LogP contribution in [-0.4, -0.2) is 10.5 Å². The maximum atomic E-state index is 12.3. The van der Waals surface area contributed by atoms with Crippen LogP contribution in [0.25, 0.3) is 10.9 Å². The third-order valence-electron chi connectivity index (χ3n) is 3.46. The van der Waals surface area contributed by atoms with Crippen molar-refractivity contribution in [3.63, 3.8) is 0 Å². The molecule has 3 aromatic rings. The number of anilines is 1. The number of pyridine rings is 1. The van der Waals surface area contributed by atoms with Gasteiger partial charge in [-0.2, -0.15) is 0 Å². The minimum Gasteiger partial charge on any atom is -0.338 e. The van der Waals surface area contributed by atoms with Crippen LogP contribution >= 0.6 is 39.1 Å². The minimum absolute atomic E-state index is 0.0478. The number of carbonyl (C=O) groups excluding carboxylic acids is 1. The molecule has 7 heteroatoms. The first kappa shape index (κ1) is 17.0. The molecule has 4 nitrogen and oxygen atoms in total. The lowest BCUT2D eigenvalue weighted by molar-refractivity contribution is -0.116. The summed E-state index contributed by atoms with van der Waals surface area (Å²) in [6, 6.07) is 11.6. The number of amides is 1. The van der Waals surface area contributed by atoms with E-state index in [9.17, 15) is 9.59 Å². The van der Waals surface area contributed by atoms with E-state index in [-0.39, 0.29) is 17.9 Å². The van der Waals surface area contributed by atoms with E-state index in [1.165, 1.54) is 6.07 Å². The van der Waals surface area contributed by atoms with Gasteiger partial charge in [-0.1, -0.05) is 39.1 Å². The van der Waals surface area contributed by atoms with E-state index in [2.05, 4.69) is 21.2 Å². The zero-order valence-corrected chi connectivity index (χ0v) is 15.3. The third-order valence-corrected chi connectivity index (χ3v) is 4.50. The van der Waals surface area contributed by atoms with E-state index >= 15 is 0 Å². The Morgan fingerprint density at radius 3 is 2.67 bits per heavy atom. The number of halogens is 3. The second-order valence-electron chi connectivity index (χ2n) is 5.14. The molecule has 0 spiro atoms. The molecule has 0 aliphatic heterocycles. The van der Waals surface area contributed by atoms with Crippen molar-refractivity contribution in [3.8, 4) is 0 Å². The average molecular weight is 426 g/mol. The van der Waals surface area contributed by atoms with Crippen LogP contribution in [0.2, 0.25) is 10.0 Å². The van der Waals surface area contributed by atoms with Crippen LogP contribution in [0.15, 0.2) is 57.9 Å². The van der Waals surface area contributed by atoms with Gasteiger partial charge in [-0.3, -0.25) is 9.59 Å². The molecule has 0 atom stereocenters. The van der Waals surface area contributed by atoms with Gasteiger partial charge in [0.25, 0.3) is 0 Å². The first-order valence-corrected chi connectivity index (χ1v) is 8.52. The molecule has 0 saturated carbocycles. The van der Waals surface area contributed by atoms with Gasteiger partial charge in [-0.25, -0.2) is 0 Å². The van der Waals surface area contributed by atoms with Crippen LogP contribution in [-0.2, 0) is 11.3 Å². The van der Waals surface area contributed by atoms with E-state index in [0.29, 0.717) is 26.6 Å². The Morgan fingerprint density at radius 1 is 1.12 bits per heavy atom. The summed E-state index contributed by atoms with van der Waals surface area (Å²) in [5.41, 5.74) is 1.07. The topological polar surface area (TPSA) is 51.1 Å². The van der Waals surface area contributed by atoms with Crippen LogP contribution in [0.3, 0.4) is 0 Å². The van der Waals surface area contributed by atoms with Gasteiger partial charge in [0.2, 0.25) is 5.91 Å². The average Bonchev–Trinajstić information content (AvgIpc) is 2.53. The fourth-order valence-corrected chi connectivity index (χ4v) is 3.16. The molecule has 1 heterocycles. The number of nitrogens with one attached hydrogen (secondary N) is 1. The van der Waals surface area contributed by atoms with Gasteiger partial charge >= 0.3 is 0 Å². The van der Waals surface area contributed by atoms with Gasteiger partial charge in [-0.05, 0) is 36.4 Å². The largest absolute Gasteiger partial charge is 0.338 e. The second kappa shape index (κ2) is 6.97. The van der Waals surface area contributed by atoms with Crippen LogP contribution in [0, 0.1) is 0 Å².